The molecule has 0 spiro atoms. The van der Waals surface area contributed by atoms with Gasteiger partial charge in [-0.1, -0.05) is 40.4 Å². The molecule has 6 heteroatoms. The van der Waals surface area contributed by atoms with Crippen molar-refractivity contribution in [3.05, 3.63) is 74.3 Å². The van der Waals surface area contributed by atoms with E-state index in [4.69, 9.17) is 33.0 Å². The van der Waals surface area contributed by atoms with Crippen LogP contribution in [0.3, 0.4) is 0 Å². The molecule has 0 radical (unpaired) electrons. The van der Waals surface area contributed by atoms with E-state index in [1.165, 1.54) is 0 Å². The Labute approximate surface area is 182 Å². The van der Waals surface area contributed by atoms with Gasteiger partial charge in [-0.2, -0.15) is 4.59 Å². The van der Waals surface area contributed by atoms with Gasteiger partial charge in [0.1, 0.15) is 12.3 Å². The van der Waals surface area contributed by atoms with E-state index in [2.05, 4.69) is 0 Å². The molecular weight excluding hydrogens is 407 g/mol. The van der Waals surface area contributed by atoms with Crippen LogP contribution in [0.4, 0.5) is 0 Å². The number of ether oxygens (including phenoxy) is 1. The lowest BCUT2D eigenvalue weighted by atomic mass is 9.94. The first-order chi connectivity index (χ1) is 13.7. The molecule has 1 unspecified atom stereocenters. The fourth-order valence-electron chi connectivity index (χ4n) is 3.58. The van der Waals surface area contributed by atoms with Crippen LogP contribution >= 0.6 is 23.2 Å². The Morgan fingerprint density at radius 1 is 1.00 bits per heavy atom. The number of halogens is 2. The van der Waals surface area contributed by atoms with Crippen LogP contribution in [0.1, 0.15) is 36.1 Å². The van der Waals surface area contributed by atoms with E-state index in [9.17, 15) is 4.79 Å². The highest BCUT2D eigenvalue weighted by Gasteiger charge is 2.45. The largest absolute Gasteiger partial charge is 0.462 e. The van der Waals surface area contributed by atoms with E-state index in [1.54, 1.807) is 6.92 Å². The van der Waals surface area contributed by atoms with Crippen LogP contribution in [-0.4, -0.2) is 36.5 Å². The first-order valence-electron chi connectivity index (χ1n) is 9.63. The van der Waals surface area contributed by atoms with E-state index in [0.29, 0.717) is 27.9 Å². The molecule has 3 rings (SSSR count). The number of benzene rings is 2. The molecule has 152 valence electrons. The second-order valence-corrected chi connectivity index (χ2v) is 8.14. The predicted molar refractivity (Wildman–Crippen MR) is 119 cm³/mol. The Morgan fingerprint density at radius 3 is 2.10 bits per heavy atom. The Balaban J connectivity index is 2.38. The van der Waals surface area contributed by atoms with E-state index in [1.807, 2.05) is 64.2 Å². The molecule has 0 aromatic heterocycles. The van der Waals surface area contributed by atoms with Crippen LogP contribution in [0.2, 0.25) is 10.0 Å². The summed E-state index contributed by atoms with van der Waals surface area (Å²) in [6, 6.07) is 11.3. The van der Waals surface area contributed by atoms with Gasteiger partial charge in [-0.05, 0) is 63.1 Å². The number of hydrogen-bond donors (Lipinski definition) is 0. The molecular formula is C23H25Cl2N2O2+. The monoisotopic (exact) mass is 431 g/mol. The Hall–Kier alpha value is -2.14. The summed E-state index contributed by atoms with van der Waals surface area (Å²) >= 11 is 12.6. The van der Waals surface area contributed by atoms with Gasteiger partial charge in [0.15, 0.2) is 11.3 Å². The van der Waals surface area contributed by atoms with Crippen LogP contribution in [0.25, 0.3) is 5.70 Å². The molecule has 0 N–H and O–H groups in total. The zero-order chi connectivity index (χ0) is 21.3. The fraction of sp³-hybridized carbons (Fsp3) is 0.304. The molecule has 29 heavy (non-hydrogen) atoms. The number of carbonyl (C=O) groups is 1. The number of carbonyl (C=O) groups excluding carboxylic acids is 1. The molecule has 1 atom stereocenters. The van der Waals surface area contributed by atoms with Crippen molar-refractivity contribution in [2.24, 2.45) is 5.10 Å². The summed E-state index contributed by atoms with van der Waals surface area (Å²) in [5.41, 5.74) is 5.58. The highest BCUT2D eigenvalue weighted by atomic mass is 35.5. The van der Waals surface area contributed by atoms with Crippen LogP contribution in [0.15, 0.2) is 47.1 Å². The summed E-state index contributed by atoms with van der Waals surface area (Å²) in [7, 11) is 1.99. The maximum atomic E-state index is 13.2. The van der Waals surface area contributed by atoms with Crippen molar-refractivity contribution < 1.29 is 14.1 Å². The number of aryl methyl sites for hydroxylation is 2. The van der Waals surface area contributed by atoms with Crippen molar-refractivity contribution in [3.63, 3.8) is 0 Å². The van der Waals surface area contributed by atoms with Crippen molar-refractivity contribution in [1.82, 2.24) is 0 Å². The molecule has 0 aliphatic carbocycles. The van der Waals surface area contributed by atoms with E-state index in [-0.39, 0.29) is 11.2 Å². The summed E-state index contributed by atoms with van der Waals surface area (Å²) in [6.07, 6.45) is 0. The lowest BCUT2D eigenvalue weighted by Gasteiger charge is -2.26. The van der Waals surface area contributed by atoms with Crippen LogP contribution < -0.4 is 0 Å². The first-order valence-corrected chi connectivity index (χ1v) is 10.4. The highest BCUT2D eigenvalue weighted by molar-refractivity contribution is 6.34. The number of quaternary nitrogens is 1. The van der Waals surface area contributed by atoms with E-state index < -0.39 is 5.97 Å². The van der Waals surface area contributed by atoms with Gasteiger partial charge in [-0.3, -0.25) is 0 Å². The molecule has 1 aliphatic rings. The SMILES string of the molecule is CCOC(=O)C1=C(c2cc(Cl)ccc2C)[N+](C)(CC)N=C1c1cc(Cl)ccc1C. The number of nitrogens with zero attached hydrogens (tertiary/aromatic N) is 2. The molecule has 0 fully saturated rings. The Kier molecular flexibility index (Phi) is 6.18. The van der Waals surface area contributed by atoms with Crippen molar-refractivity contribution >= 4 is 40.6 Å². The number of rotatable bonds is 5. The van der Waals surface area contributed by atoms with Crippen molar-refractivity contribution in [1.29, 1.82) is 0 Å². The Morgan fingerprint density at radius 2 is 1.55 bits per heavy atom. The first kappa shape index (κ1) is 21.6. The molecule has 0 saturated heterocycles. The predicted octanol–water partition coefficient (Wildman–Crippen LogP) is 5.77. The van der Waals surface area contributed by atoms with E-state index in [0.717, 1.165) is 28.0 Å². The maximum absolute atomic E-state index is 13.2. The second kappa shape index (κ2) is 8.31. The van der Waals surface area contributed by atoms with E-state index >= 15 is 0 Å². The van der Waals surface area contributed by atoms with Gasteiger partial charge in [0.05, 0.1) is 13.7 Å². The molecule has 1 heterocycles. The third-order valence-electron chi connectivity index (χ3n) is 5.28. The minimum atomic E-state index is -0.393. The minimum Gasteiger partial charge on any atom is -0.462 e. The average Bonchev–Trinajstić information content (AvgIpc) is 2.99. The maximum Gasteiger partial charge on any atom is 0.346 e. The van der Waals surface area contributed by atoms with Gasteiger partial charge >= 0.3 is 5.97 Å². The molecule has 2 aromatic carbocycles. The van der Waals surface area contributed by atoms with Gasteiger partial charge in [-0.25, -0.2) is 4.79 Å². The molecule has 0 bridgehead atoms. The van der Waals surface area contributed by atoms with Crippen molar-refractivity contribution in [3.8, 4) is 0 Å². The van der Waals surface area contributed by atoms with Gasteiger partial charge in [0, 0.05) is 21.2 Å². The average molecular weight is 432 g/mol. The molecule has 0 saturated carbocycles. The normalized spacial score (nSPS) is 18.8. The summed E-state index contributed by atoms with van der Waals surface area (Å²) in [4.78, 5) is 13.2. The Bertz CT molecular complexity index is 1040. The van der Waals surface area contributed by atoms with Gasteiger partial charge < -0.3 is 4.74 Å². The summed E-state index contributed by atoms with van der Waals surface area (Å²) in [5, 5.41) is 6.20. The summed E-state index contributed by atoms with van der Waals surface area (Å²) in [5.74, 6) is -0.393. The van der Waals surface area contributed by atoms with Gasteiger partial charge in [-0.15, -0.1) is 0 Å². The molecule has 2 aromatic rings. The topological polar surface area (TPSA) is 38.7 Å². The van der Waals surface area contributed by atoms with Crippen LogP contribution in [-0.2, 0) is 9.53 Å². The quantitative estimate of drug-likeness (QED) is 0.445. The van der Waals surface area contributed by atoms with Crippen LogP contribution in [0.5, 0.6) is 0 Å². The van der Waals surface area contributed by atoms with Gasteiger partial charge in [0.25, 0.3) is 0 Å². The second-order valence-electron chi connectivity index (χ2n) is 7.27. The fourth-order valence-corrected chi connectivity index (χ4v) is 3.92. The smallest absolute Gasteiger partial charge is 0.346 e. The summed E-state index contributed by atoms with van der Waals surface area (Å²) < 4.78 is 5.67. The van der Waals surface area contributed by atoms with Crippen LogP contribution in [0, 0.1) is 13.8 Å². The number of esters is 1. The molecule has 0 amide bonds. The van der Waals surface area contributed by atoms with Crippen molar-refractivity contribution in [2.75, 3.05) is 20.2 Å². The standard InChI is InChI=1S/C23H25Cl2N2O2/c1-6-27(5)22(19-13-17(25)11-9-15(19)4)20(23(28)29-7-2)21(26-27)18-12-16(24)10-8-14(18)3/h8-13H,6-7H2,1-5H3/q+1. The molecule has 4 nitrogen and oxygen atoms in total. The third kappa shape index (κ3) is 3.97. The van der Waals surface area contributed by atoms with Gasteiger partial charge in [0.2, 0.25) is 0 Å². The summed E-state index contributed by atoms with van der Waals surface area (Å²) in [6.45, 7) is 8.77. The minimum absolute atomic E-state index is 0.219. The molecule has 1 aliphatic heterocycles. The zero-order valence-corrected chi connectivity index (χ0v) is 18.9. The number of hydrogen-bond acceptors (Lipinski definition) is 3. The third-order valence-corrected chi connectivity index (χ3v) is 5.75. The zero-order valence-electron chi connectivity index (χ0n) is 17.3. The highest BCUT2D eigenvalue weighted by Crippen LogP contribution is 2.40. The van der Waals surface area contributed by atoms with Crippen molar-refractivity contribution in [2.45, 2.75) is 27.7 Å². The lowest BCUT2D eigenvalue weighted by molar-refractivity contribution is -0.842. The lowest BCUT2D eigenvalue weighted by Crippen LogP contribution is -2.35.